The van der Waals surface area contributed by atoms with Gasteiger partial charge in [-0.3, -0.25) is 0 Å². The Kier molecular flexibility index (Phi) is 5.93. The van der Waals surface area contributed by atoms with Crippen LogP contribution in [0.1, 0.15) is 32.3 Å². The molecule has 0 aromatic heterocycles. The molecule has 0 aliphatic rings. The minimum atomic E-state index is -0.0674. The fourth-order valence-electron chi connectivity index (χ4n) is 1.83. The Balaban J connectivity index is 2.75. The molecular weight excluding hydrogens is 250 g/mol. The van der Waals surface area contributed by atoms with Gasteiger partial charge in [0.1, 0.15) is 5.75 Å². The summed E-state index contributed by atoms with van der Waals surface area (Å²) >= 11 is 6.00. The number of hydrogen-bond donors (Lipinski definition) is 2. The minimum Gasteiger partial charge on any atom is -0.496 e. The summed E-state index contributed by atoms with van der Waals surface area (Å²) < 4.78 is 5.31. The average molecular weight is 272 g/mol. The molecule has 0 aliphatic carbocycles. The average Bonchev–Trinajstić information content (AvgIpc) is 2.37. The molecule has 0 radical (unpaired) electrons. The van der Waals surface area contributed by atoms with Crippen LogP contribution in [0.2, 0.25) is 5.02 Å². The van der Waals surface area contributed by atoms with E-state index in [4.69, 9.17) is 21.4 Å². The molecule has 0 saturated carbocycles. The second-order valence-corrected chi connectivity index (χ2v) is 5.13. The van der Waals surface area contributed by atoms with E-state index >= 15 is 0 Å². The van der Waals surface area contributed by atoms with E-state index in [1.807, 2.05) is 18.2 Å². The molecule has 0 bridgehead atoms. The quantitative estimate of drug-likeness (QED) is 0.801. The van der Waals surface area contributed by atoms with Gasteiger partial charge in [0.15, 0.2) is 0 Å². The van der Waals surface area contributed by atoms with Crippen LogP contribution in [0, 0.1) is 0 Å². The Morgan fingerprint density at radius 1 is 1.44 bits per heavy atom. The number of rotatable bonds is 7. The largest absolute Gasteiger partial charge is 0.496 e. The molecule has 1 aromatic carbocycles. The fourth-order valence-corrected chi connectivity index (χ4v) is 2.03. The monoisotopic (exact) mass is 271 g/mol. The molecule has 1 rings (SSSR count). The van der Waals surface area contributed by atoms with Gasteiger partial charge in [0.2, 0.25) is 0 Å². The Bertz CT molecular complexity index is 384. The van der Waals surface area contributed by atoms with Crippen molar-refractivity contribution in [3.63, 3.8) is 0 Å². The van der Waals surface area contributed by atoms with Gasteiger partial charge in [-0.2, -0.15) is 0 Å². The zero-order valence-electron chi connectivity index (χ0n) is 11.3. The van der Waals surface area contributed by atoms with Crippen LogP contribution in [-0.2, 0) is 6.54 Å². The summed E-state index contributed by atoms with van der Waals surface area (Å²) in [5, 5.41) is 13.3. The van der Waals surface area contributed by atoms with Crippen LogP contribution in [0.15, 0.2) is 18.2 Å². The number of benzene rings is 1. The lowest BCUT2D eigenvalue weighted by Crippen LogP contribution is -2.42. The van der Waals surface area contributed by atoms with Gasteiger partial charge in [0, 0.05) is 29.3 Å². The Morgan fingerprint density at radius 3 is 2.72 bits per heavy atom. The molecule has 3 nitrogen and oxygen atoms in total. The van der Waals surface area contributed by atoms with Crippen molar-refractivity contribution in [1.82, 2.24) is 5.32 Å². The second-order valence-electron chi connectivity index (χ2n) is 4.70. The van der Waals surface area contributed by atoms with Gasteiger partial charge in [0.05, 0.1) is 7.11 Å². The number of methoxy groups -OCH3 is 1. The maximum absolute atomic E-state index is 9.09. The molecule has 0 amide bonds. The van der Waals surface area contributed by atoms with E-state index in [9.17, 15) is 0 Å². The Labute approximate surface area is 114 Å². The SMILES string of the molecule is CCC(C)(CCO)NCc1cc(Cl)ccc1OC. The predicted octanol–water partition coefficient (Wildman–Crippen LogP) is 2.99. The number of nitrogens with one attached hydrogen (secondary N) is 1. The summed E-state index contributed by atoms with van der Waals surface area (Å²) in [4.78, 5) is 0. The standard InChI is InChI=1S/C14H22ClNO2/c1-4-14(2,7-8-17)16-10-11-9-12(15)5-6-13(11)18-3/h5-6,9,16-17H,4,7-8,10H2,1-3H3. The predicted molar refractivity (Wildman–Crippen MR) is 75.2 cm³/mol. The van der Waals surface area contributed by atoms with Gasteiger partial charge >= 0.3 is 0 Å². The smallest absolute Gasteiger partial charge is 0.123 e. The van der Waals surface area contributed by atoms with E-state index in [1.54, 1.807) is 7.11 Å². The highest BCUT2D eigenvalue weighted by molar-refractivity contribution is 6.30. The van der Waals surface area contributed by atoms with E-state index < -0.39 is 0 Å². The number of halogens is 1. The fraction of sp³-hybridized carbons (Fsp3) is 0.571. The number of aliphatic hydroxyl groups excluding tert-OH is 1. The van der Waals surface area contributed by atoms with Crippen LogP contribution in [0.5, 0.6) is 5.75 Å². The van der Waals surface area contributed by atoms with Gasteiger partial charge < -0.3 is 15.2 Å². The summed E-state index contributed by atoms with van der Waals surface area (Å²) in [6, 6.07) is 5.59. The normalized spacial score (nSPS) is 14.3. The van der Waals surface area contributed by atoms with Crippen molar-refractivity contribution < 1.29 is 9.84 Å². The highest BCUT2D eigenvalue weighted by Crippen LogP contribution is 2.24. The molecular formula is C14H22ClNO2. The van der Waals surface area contributed by atoms with Crippen LogP contribution in [0.4, 0.5) is 0 Å². The van der Waals surface area contributed by atoms with E-state index in [0.717, 1.165) is 24.2 Å². The molecule has 0 saturated heterocycles. The Hall–Kier alpha value is -0.770. The number of aliphatic hydroxyl groups is 1. The molecule has 0 fully saturated rings. The van der Waals surface area contributed by atoms with E-state index in [2.05, 4.69) is 19.2 Å². The summed E-state index contributed by atoms with van der Waals surface area (Å²) in [7, 11) is 1.65. The summed E-state index contributed by atoms with van der Waals surface area (Å²) in [5.74, 6) is 0.828. The van der Waals surface area contributed by atoms with Gasteiger partial charge in [-0.15, -0.1) is 0 Å². The molecule has 2 N–H and O–H groups in total. The molecule has 0 heterocycles. The maximum atomic E-state index is 9.09. The van der Waals surface area contributed by atoms with Crippen molar-refractivity contribution in [2.75, 3.05) is 13.7 Å². The molecule has 18 heavy (non-hydrogen) atoms. The van der Waals surface area contributed by atoms with Crippen LogP contribution in [0.3, 0.4) is 0 Å². The van der Waals surface area contributed by atoms with Gasteiger partial charge in [-0.1, -0.05) is 18.5 Å². The summed E-state index contributed by atoms with van der Waals surface area (Å²) in [5.41, 5.74) is 0.963. The first-order valence-corrected chi connectivity index (χ1v) is 6.60. The molecule has 0 aliphatic heterocycles. The van der Waals surface area contributed by atoms with Gasteiger partial charge in [0.25, 0.3) is 0 Å². The van der Waals surface area contributed by atoms with Crippen LogP contribution in [-0.4, -0.2) is 24.4 Å². The highest BCUT2D eigenvalue weighted by atomic mass is 35.5. The molecule has 0 spiro atoms. The maximum Gasteiger partial charge on any atom is 0.123 e. The van der Waals surface area contributed by atoms with Crippen LogP contribution < -0.4 is 10.1 Å². The first kappa shape index (κ1) is 15.3. The van der Waals surface area contributed by atoms with Crippen molar-refractivity contribution >= 4 is 11.6 Å². The highest BCUT2D eigenvalue weighted by Gasteiger charge is 2.20. The molecule has 4 heteroatoms. The van der Waals surface area contributed by atoms with Gasteiger partial charge in [-0.05, 0) is 38.0 Å². The van der Waals surface area contributed by atoms with Crippen molar-refractivity contribution in [1.29, 1.82) is 0 Å². The minimum absolute atomic E-state index is 0.0674. The van der Waals surface area contributed by atoms with E-state index in [-0.39, 0.29) is 12.1 Å². The van der Waals surface area contributed by atoms with Crippen molar-refractivity contribution in [2.45, 2.75) is 38.8 Å². The van der Waals surface area contributed by atoms with Gasteiger partial charge in [-0.25, -0.2) is 0 Å². The lowest BCUT2D eigenvalue weighted by Gasteiger charge is -2.29. The lowest BCUT2D eigenvalue weighted by atomic mass is 9.94. The topological polar surface area (TPSA) is 41.5 Å². The first-order valence-electron chi connectivity index (χ1n) is 6.23. The number of hydrogen-bond acceptors (Lipinski definition) is 3. The number of ether oxygens (including phenoxy) is 1. The van der Waals surface area contributed by atoms with E-state index in [1.165, 1.54) is 0 Å². The second kappa shape index (κ2) is 6.98. The third-order valence-corrected chi connectivity index (χ3v) is 3.63. The van der Waals surface area contributed by atoms with Crippen molar-refractivity contribution in [3.05, 3.63) is 28.8 Å². The zero-order valence-corrected chi connectivity index (χ0v) is 12.0. The lowest BCUT2D eigenvalue weighted by molar-refractivity contribution is 0.214. The Morgan fingerprint density at radius 2 is 2.17 bits per heavy atom. The molecule has 102 valence electrons. The van der Waals surface area contributed by atoms with Crippen LogP contribution >= 0.6 is 11.6 Å². The van der Waals surface area contributed by atoms with Crippen molar-refractivity contribution in [2.24, 2.45) is 0 Å². The van der Waals surface area contributed by atoms with Crippen molar-refractivity contribution in [3.8, 4) is 5.75 Å². The third-order valence-electron chi connectivity index (χ3n) is 3.39. The molecule has 1 atom stereocenters. The van der Waals surface area contributed by atoms with E-state index in [0.29, 0.717) is 11.6 Å². The molecule has 1 aromatic rings. The third kappa shape index (κ3) is 4.16. The van der Waals surface area contributed by atoms with Crippen LogP contribution in [0.25, 0.3) is 0 Å². The molecule has 1 unspecified atom stereocenters. The first-order chi connectivity index (χ1) is 8.54. The summed E-state index contributed by atoms with van der Waals surface area (Å²) in [6.07, 6.45) is 1.68. The zero-order chi connectivity index (χ0) is 13.6. The summed E-state index contributed by atoms with van der Waals surface area (Å²) in [6.45, 7) is 5.08.